The van der Waals surface area contributed by atoms with Crippen LogP contribution in [0.5, 0.6) is 0 Å². The molecule has 0 spiro atoms. The van der Waals surface area contributed by atoms with E-state index in [0.717, 1.165) is 33.4 Å². The highest BCUT2D eigenvalue weighted by molar-refractivity contribution is 7.13. The van der Waals surface area contributed by atoms with Gasteiger partial charge in [0.05, 0.1) is 12.1 Å². The first-order chi connectivity index (χ1) is 17.5. The Morgan fingerprint density at radius 1 is 0.667 bits per heavy atom. The Morgan fingerprint density at radius 2 is 1.11 bits per heavy atom. The van der Waals surface area contributed by atoms with Crippen molar-refractivity contribution in [2.24, 2.45) is 0 Å². The fourth-order valence-corrected chi connectivity index (χ4v) is 6.67. The molecule has 2 atom stereocenters. The van der Waals surface area contributed by atoms with E-state index in [0.29, 0.717) is 0 Å². The van der Waals surface area contributed by atoms with Gasteiger partial charge in [0, 0.05) is 36.0 Å². The number of nitrogens with zero attached hydrogens (tertiary/aromatic N) is 2. The summed E-state index contributed by atoms with van der Waals surface area (Å²) in [5.74, 6) is -0.113. The molecule has 4 aromatic rings. The van der Waals surface area contributed by atoms with Gasteiger partial charge in [-0.2, -0.15) is 0 Å². The molecule has 0 N–H and O–H groups in total. The van der Waals surface area contributed by atoms with Crippen molar-refractivity contribution in [2.75, 3.05) is 0 Å². The van der Waals surface area contributed by atoms with Crippen LogP contribution in [-0.2, 0) is 9.59 Å². The molecule has 4 heterocycles. The number of rotatable bonds is 3. The Kier molecular flexibility index (Phi) is 5.70. The molecule has 178 valence electrons. The highest BCUT2D eigenvalue weighted by atomic mass is 32.1. The highest BCUT2D eigenvalue weighted by Gasteiger charge is 2.40. The minimum Gasteiger partial charge on any atom is -0.309 e. The topological polar surface area (TPSA) is 40.6 Å². The van der Waals surface area contributed by atoms with Gasteiger partial charge in [-0.05, 0) is 80.6 Å². The Morgan fingerprint density at radius 3 is 1.47 bits per heavy atom. The van der Waals surface area contributed by atoms with Gasteiger partial charge in [0.1, 0.15) is 0 Å². The number of fused-ring (bicyclic) bond motifs is 2. The normalized spacial score (nSPS) is 18.2. The summed E-state index contributed by atoms with van der Waals surface area (Å²) in [6, 6.07) is 20.5. The van der Waals surface area contributed by atoms with Crippen LogP contribution in [0.2, 0.25) is 0 Å². The largest absolute Gasteiger partial charge is 0.309 e. The van der Waals surface area contributed by atoms with Gasteiger partial charge in [0.2, 0.25) is 11.8 Å². The van der Waals surface area contributed by atoms with Gasteiger partial charge in [-0.15, -0.1) is 22.7 Å². The van der Waals surface area contributed by atoms with Gasteiger partial charge in [0.15, 0.2) is 0 Å². The van der Waals surface area contributed by atoms with E-state index in [1.165, 1.54) is 9.75 Å². The molecule has 0 aliphatic carbocycles. The zero-order valence-electron chi connectivity index (χ0n) is 19.9. The van der Waals surface area contributed by atoms with E-state index in [1.54, 1.807) is 46.3 Å². The summed E-state index contributed by atoms with van der Waals surface area (Å²) in [6.45, 7) is 3.17. The summed E-state index contributed by atoms with van der Waals surface area (Å²) >= 11 is 3.41. The van der Waals surface area contributed by atoms with E-state index in [-0.39, 0.29) is 23.9 Å². The van der Waals surface area contributed by atoms with Crippen LogP contribution in [0.25, 0.3) is 33.0 Å². The number of benzene rings is 2. The van der Waals surface area contributed by atoms with Crippen LogP contribution in [0.1, 0.15) is 48.2 Å². The van der Waals surface area contributed by atoms with Crippen molar-refractivity contribution in [3.05, 3.63) is 106 Å². The monoisotopic (exact) mass is 508 g/mol. The Labute approximate surface area is 218 Å². The van der Waals surface area contributed by atoms with Gasteiger partial charge >= 0.3 is 0 Å². The average molecular weight is 509 g/mol. The molecule has 0 bridgehead atoms. The minimum atomic E-state index is -0.347. The van der Waals surface area contributed by atoms with Crippen LogP contribution in [0, 0.1) is 0 Å². The molecule has 2 aliphatic heterocycles. The molecule has 2 amide bonds. The third kappa shape index (κ3) is 3.83. The second kappa shape index (κ2) is 9.04. The van der Waals surface area contributed by atoms with Crippen molar-refractivity contribution in [1.29, 1.82) is 0 Å². The number of carbonyl (C=O) groups is 2. The fourth-order valence-electron chi connectivity index (χ4n) is 5.22. The number of amides is 2. The Bertz CT molecular complexity index is 1400. The molecule has 36 heavy (non-hydrogen) atoms. The van der Waals surface area contributed by atoms with Crippen molar-refractivity contribution in [1.82, 2.24) is 9.80 Å². The predicted octanol–water partition coefficient (Wildman–Crippen LogP) is 7.59. The summed E-state index contributed by atoms with van der Waals surface area (Å²) < 4.78 is 0. The van der Waals surface area contributed by atoms with E-state index in [4.69, 9.17) is 0 Å². The summed E-state index contributed by atoms with van der Waals surface area (Å²) in [6.07, 6.45) is 7.73. The van der Waals surface area contributed by atoms with Gasteiger partial charge in [-0.3, -0.25) is 9.59 Å². The lowest BCUT2D eigenvalue weighted by molar-refractivity contribution is -0.134. The minimum absolute atomic E-state index is 0.0564. The quantitative estimate of drug-likeness (QED) is 0.286. The lowest BCUT2D eigenvalue weighted by Crippen LogP contribution is -2.42. The van der Waals surface area contributed by atoms with Crippen molar-refractivity contribution in [2.45, 2.75) is 25.9 Å². The molecule has 2 aromatic heterocycles. The predicted molar refractivity (Wildman–Crippen MR) is 148 cm³/mol. The molecule has 0 radical (unpaired) electrons. The zero-order valence-corrected chi connectivity index (χ0v) is 21.6. The Balaban J connectivity index is 1.51. The molecular weight excluding hydrogens is 484 g/mol. The number of hydrogen-bond acceptors (Lipinski definition) is 4. The van der Waals surface area contributed by atoms with Gasteiger partial charge in [-0.1, -0.05) is 36.4 Å². The maximum Gasteiger partial charge on any atom is 0.224 e. The molecule has 0 saturated carbocycles. The third-order valence-electron chi connectivity index (χ3n) is 6.88. The van der Waals surface area contributed by atoms with Crippen LogP contribution in [0.15, 0.2) is 83.8 Å². The van der Waals surface area contributed by atoms with E-state index in [1.807, 2.05) is 24.6 Å². The maximum absolute atomic E-state index is 12.9. The second-order valence-electron chi connectivity index (χ2n) is 9.02. The van der Waals surface area contributed by atoms with E-state index < -0.39 is 0 Å². The molecule has 4 nitrogen and oxygen atoms in total. The lowest BCUT2D eigenvalue weighted by atomic mass is 9.82. The maximum atomic E-state index is 12.9. The molecule has 2 aliphatic rings. The van der Waals surface area contributed by atoms with Crippen molar-refractivity contribution < 1.29 is 9.59 Å². The van der Waals surface area contributed by atoms with Gasteiger partial charge < -0.3 is 9.80 Å². The van der Waals surface area contributed by atoms with E-state index >= 15 is 0 Å². The first-order valence-electron chi connectivity index (χ1n) is 11.8. The summed E-state index contributed by atoms with van der Waals surface area (Å²) in [4.78, 5) is 31.7. The van der Waals surface area contributed by atoms with Crippen molar-refractivity contribution in [3.63, 3.8) is 0 Å². The molecule has 6 rings (SSSR count). The fraction of sp³-hybridized carbons (Fsp3) is 0.133. The van der Waals surface area contributed by atoms with E-state index in [9.17, 15) is 9.59 Å². The number of thiophene rings is 2. The zero-order chi connectivity index (χ0) is 24.8. The number of hydrogen-bond donors (Lipinski definition) is 0. The van der Waals surface area contributed by atoms with E-state index in [2.05, 4.69) is 71.4 Å². The standard InChI is InChI=1S/C30H24N2O2S2/c1-19(33)31-13-11-21-17-23(27-5-3-15-35-27)7-9-25(21)29(31)30-26-10-8-24(28-6-4-16-36-28)18-22(26)12-14-32(30)20(2)34/h3-18,29-30H,1-2H3/t29-,30-/m0/s1. The smallest absolute Gasteiger partial charge is 0.224 e. The average Bonchev–Trinajstić information content (AvgIpc) is 3.61. The summed E-state index contributed by atoms with van der Waals surface area (Å²) in [5.41, 5.74) is 6.50. The molecule has 2 aromatic carbocycles. The molecule has 0 unspecified atom stereocenters. The van der Waals surface area contributed by atoms with Crippen molar-refractivity contribution >= 4 is 46.6 Å². The second-order valence-corrected chi connectivity index (χ2v) is 10.9. The first-order valence-corrected chi connectivity index (χ1v) is 13.6. The van der Waals surface area contributed by atoms with Gasteiger partial charge in [-0.25, -0.2) is 0 Å². The molecule has 0 saturated heterocycles. The van der Waals surface area contributed by atoms with Crippen LogP contribution in [0.3, 0.4) is 0 Å². The third-order valence-corrected chi connectivity index (χ3v) is 8.72. The van der Waals surface area contributed by atoms with Crippen LogP contribution in [0.4, 0.5) is 0 Å². The highest BCUT2D eigenvalue weighted by Crippen LogP contribution is 2.47. The SMILES string of the molecule is CC(=O)N1C=Cc2cc(-c3cccs3)ccc2[C@H]1[C@@H]1c2ccc(-c3cccs3)cc2C=CN1C(C)=O. The summed E-state index contributed by atoms with van der Waals surface area (Å²) in [5, 5.41) is 4.15. The summed E-state index contributed by atoms with van der Waals surface area (Å²) in [7, 11) is 0. The Hall–Kier alpha value is -3.74. The molecule has 0 fully saturated rings. The lowest BCUT2D eigenvalue weighted by Gasteiger charge is -2.44. The van der Waals surface area contributed by atoms with Crippen LogP contribution < -0.4 is 0 Å². The molecular formula is C30H24N2O2S2. The molecule has 6 heteroatoms. The van der Waals surface area contributed by atoms with Gasteiger partial charge in [0.25, 0.3) is 0 Å². The van der Waals surface area contributed by atoms with Crippen molar-refractivity contribution in [3.8, 4) is 20.9 Å². The van der Waals surface area contributed by atoms with Crippen LogP contribution >= 0.6 is 22.7 Å². The number of carbonyl (C=O) groups excluding carboxylic acids is 2. The van der Waals surface area contributed by atoms with Crippen LogP contribution in [-0.4, -0.2) is 21.6 Å². The first kappa shape index (κ1) is 22.7.